The molecule has 1 unspecified atom stereocenters. The first-order valence-corrected chi connectivity index (χ1v) is 6.07. The van der Waals surface area contributed by atoms with Crippen molar-refractivity contribution in [3.63, 3.8) is 0 Å². The first kappa shape index (κ1) is 13.7. The van der Waals surface area contributed by atoms with Crippen molar-refractivity contribution in [3.8, 4) is 0 Å². The van der Waals surface area contributed by atoms with Crippen molar-refractivity contribution in [1.82, 2.24) is 5.32 Å². The molecule has 1 aliphatic heterocycles. The molecule has 0 aliphatic carbocycles. The molecule has 1 aromatic carbocycles. The van der Waals surface area contributed by atoms with E-state index in [0.29, 0.717) is 6.54 Å². The molecule has 0 radical (unpaired) electrons. The van der Waals surface area contributed by atoms with Gasteiger partial charge in [0.2, 0.25) is 0 Å². The number of anilines is 1. The largest absolute Gasteiger partial charge is 0.368 e. The summed E-state index contributed by atoms with van der Waals surface area (Å²) in [5.41, 5.74) is -0.801. The molecule has 0 saturated carbocycles. The highest BCUT2D eigenvalue weighted by Gasteiger charge is 2.22. The Morgan fingerprint density at radius 2 is 2.11 bits per heavy atom. The zero-order valence-corrected chi connectivity index (χ0v) is 10.5. The molecule has 2 rings (SSSR count). The summed E-state index contributed by atoms with van der Waals surface area (Å²) >= 11 is 0. The lowest BCUT2D eigenvalue weighted by Crippen LogP contribution is -2.36. The van der Waals surface area contributed by atoms with Crippen molar-refractivity contribution >= 4 is 11.4 Å². The van der Waals surface area contributed by atoms with E-state index >= 15 is 0 Å². The molecule has 1 heterocycles. The van der Waals surface area contributed by atoms with Gasteiger partial charge in [0.25, 0.3) is 5.69 Å². The van der Waals surface area contributed by atoms with Gasteiger partial charge in [-0.1, -0.05) is 0 Å². The van der Waals surface area contributed by atoms with Gasteiger partial charge in [-0.2, -0.15) is 0 Å². The summed E-state index contributed by atoms with van der Waals surface area (Å²) in [5, 5.41) is 13.7. The van der Waals surface area contributed by atoms with E-state index in [1.165, 1.54) is 4.90 Å². The van der Waals surface area contributed by atoms with E-state index in [1.54, 1.807) is 7.05 Å². The summed E-state index contributed by atoms with van der Waals surface area (Å²) < 4.78 is 27.6. The normalized spacial score (nSPS) is 18.6. The summed E-state index contributed by atoms with van der Waals surface area (Å²) in [5.74, 6) is -1.82. The minimum atomic E-state index is -0.910. The molecule has 1 saturated heterocycles. The van der Waals surface area contributed by atoms with E-state index in [0.717, 1.165) is 31.5 Å². The van der Waals surface area contributed by atoms with Crippen LogP contribution in [0.5, 0.6) is 0 Å². The van der Waals surface area contributed by atoms with Crippen molar-refractivity contribution in [2.75, 3.05) is 25.0 Å². The van der Waals surface area contributed by atoms with Gasteiger partial charge in [0.05, 0.1) is 17.1 Å². The molecule has 1 N–H and O–H groups in total. The van der Waals surface area contributed by atoms with Gasteiger partial charge in [0, 0.05) is 19.6 Å². The van der Waals surface area contributed by atoms with Gasteiger partial charge in [0.15, 0.2) is 11.6 Å². The fourth-order valence-corrected chi connectivity index (χ4v) is 2.36. The molecule has 0 bridgehead atoms. The lowest BCUT2D eigenvalue weighted by atomic mass is 10.2. The fraction of sp³-hybridized carbons (Fsp3) is 0.500. The van der Waals surface area contributed by atoms with Gasteiger partial charge in [-0.05, 0) is 19.4 Å². The quantitative estimate of drug-likeness (QED) is 0.672. The first-order valence-electron chi connectivity index (χ1n) is 6.07. The Labute approximate surface area is 109 Å². The number of halogens is 2. The Bertz CT molecular complexity index is 467. The highest BCUT2D eigenvalue weighted by Crippen LogP contribution is 2.27. The maximum Gasteiger partial charge on any atom is 0.275 e. The number of rotatable bonds is 4. The van der Waals surface area contributed by atoms with Gasteiger partial charge >= 0.3 is 0 Å². The number of hydrogen-bond donors (Lipinski definition) is 1. The van der Waals surface area contributed by atoms with Crippen LogP contribution in [0.15, 0.2) is 12.1 Å². The molecular weight excluding hydrogens is 256 g/mol. The van der Waals surface area contributed by atoms with E-state index in [9.17, 15) is 18.9 Å². The van der Waals surface area contributed by atoms with E-state index in [2.05, 4.69) is 5.32 Å². The number of likely N-dealkylation sites (N-methyl/N-ethyl adjacent to an activating group) is 1. The van der Waals surface area contributed by atoms with Crippen LogP contribution in [0.4, 0.5) is 20.2 Å². The van der Waals surface area contributed by atoms with Crippen molar-refractivity contribution in [2.45, 2.75) is 18.9 Å². The third-order valence-electron chi connectivity index (χ3n) is 3.25. The molecule has 1 fully saturated rings. The molecule has 104 valence electrons. The predicted molar refractivity (Wildman–Crippen MR) is 67.3 cm³/mol. The van der Waals surface area contributed by atoms with Crippen LogP contribution in [-0.4, -0.2) is 31.1 Å². The van der Waals surface area contributed by atoms with Crippen molar-refractivity contribution < 1.29 is 13.7 Å². The summed E-state index contributed by atoms with van der Waals surface area (Å²) in [7, 11) is 1.58. The van der Waals surface area contributed by atoms with Crippen LogP contribution in [0.1, 0.15) is 12.8 Å². The number of hydrogen-bond acceptors (Lipinski definition) is 4. The molecule has 1 atom stereocenters. The summed E-state index contributed by atoms with van der Waals surface area (Å²) in [6.45, 7) is 1.37. The Balaban J connectivity index is 2.21. The van der Waals surface area contributed by atoms with E-state index < -0.39 is 22.2 Å². The molecule has 19 heavy (non-hydrogen) atoms. The summed E-state index contributed by atoms with van der Waals surface area (Å²) in [6, 6.07) is 1.69. The lowest BCUT2D eigenvalue weighted by Gasteiger charge is -2.24. The van der Waals surface area contributed by atoms with Crippen LogP contribution >= 0.6 is 0 Å². The molecule has 7 heteroatoms. The molecule has 1 aliphatic rings. The smallest absolute Gasteiger partial charge is 0.275 e. The van der Waals surface area contributed by atoms with Crippen LogP contribution in [0, 0.1) is 21.7 Å². The van der Waals surface area contributed by atoms with E-state index in [1.807, 2.05) is 0 Å². The number of nitrogens with one attached hydrogen (secondary N) is 1. The van der Waals surface area contributed by atoms with E-state index in [4.69, 9.17) is 0 Å². The van der Waals surface area contributed by atoms with Gasteiger partial charge in [0.1, 0.15) is 5.69 Å². The third-order valence-corrected chi connectivity index (χ3v) is 3.25. The van der Waals surface area contributed by atoms with Crippen LogP contribution in [0.25, 0.3) is 0 Å². The van der Waals surface area contributed by atoms with Crippen LogP contribution < -0.4 is 10.2 Å². The zero-order chi connectivity index (χ0) is 14.0. The second-order valence-electron chi connectivity index (χ2n) is 4.69. The average molecular weight is 271 g/mol. The van der Waals surface area contributed by atoms with Gasteiger partial charge in [-0.3, -0.25) is 10.1 Å². The standard InChI is InChI=1S/C12H15F2N3O2/c1-16(7-8-3-2-4-15-8)12-10(13)5-9(17(18)19)6-11(12)14/h5-6,8,15H,2-4,7H2,1H3. The minimum Gasteiger partial charge on any atom is -0.368 e. The summed E-state index contributed by atoms with van der Waals surface area (Å²) in [4.78, 5) is 11.2. The van der Waals surface area contributed by atoms with Crippen LogP contribution in [0.2, 0.25) is 0 Å². The Kier molecular flexibility index (Phi) is 3.94. The lowest BCUT2D eigenvalue weighted by molar-refractivity contribution is -0.385. The second kappa shape index (κ2) is 5.48. The predicted octanol–water partition coefficient (Wildman–Crippen LogP) is 2.06. The average Bonchev–Trinajstić information content (AvgIpc) is 2.80. The number of benzene rings is 1. The maximum absolute atomic E-state index is 13.8. The zero-order valence-electron chi connectivity index (χ0n) is 10.5. The monoisotopic (exact) mass is 271 g/mol. The molecule has 1 aromatic rings. The Morgan fingerprint density at radius 1 is 1.47 bits per heavy atom. The SMILES string of the molecule is CN(CC1CCCN1)c1c(F)cc([N+](=O)[O-])cc1F. The number of non-ortho nitro benzene ring substituents is 1. The topological polar surface area (TPSA) is 58.4 Å². The highest BCUT2D eigenvalue weighted by molar-refractivity contribution is 5.53. The van der Waals surface area contributed by atoms with Crippen LogP contribution in [-0.2, 0) is 0 Å². The van der Waals surface area contributed by atoms with Gasteiger partial charge < -0.3 is 10.2 Å². The Morgan fingerprint density at radius 3 is 2.58 bits per heavy atom. The number of nitrogens with zero attached hydrogens (tertiary/aromatic N) is 2. The fourth-order valence-electron chi connectivity index (χ4n) is 2.36. The molecule has 0 spiro atoms. The molecule has 0 amide bonds. The van der Waals surface area contributed by atoms with Gasteiger partial charge in [-0.25, -0.2) is 8.78 Å². The van der Waals surface area contributed by atoms with Crippen molar-refractivity contribution in [3.05, 3.63) is 33.9 Å². The molecule has 5 nitrogen and oxygen atoms in total. The third kappa shape index (κ3) is 2.98. The second-order valence-corrected chi connectivity index (χ2v) is 4.69. The van der Waals surface area contributed by atoms with Crippen molar-refractivity contribution in [1.29, 1.82) is 0 Å². The Hall–Kier alpha value is -1.76. The van der Waals surface area contributed by atoms with Crippen LogP contribution in [0.3, 0.4) is 0 Å². The molecule has 0 aromatic heterocycles. The van der Waals surface area contributed by atoms with Crippen molar-refractivity contribution in [2.24, 2.45) is 0 Å². The number of nitro groups is 1. The van der Waals surface area contributed by atoms with Gasteiger partial charge in [-0.15, -0.1) is 0 Å². The number of nitro benzene ring substituents is 1. The minimum absolute atomic E-state index is 0.194. The first-order chi connectivity index (χ1) is 8.99. The maximum atomic E-state index is 13.8. The van der Waals surface area contributed by atoms with E-state index in [-0.39, 0.29) is 11.7 Å². The summed E-state index contributed by atoms with van der Waals surface area (Å²) in [6.07, 6.45) is 2.00. The highest BCUT2D eigenvalue weighted by atomic mass is 19.1. The molecular formula is C12H15F2N3O2.